The number of nitrogens with zero attached hydrogens (tertiary/aromatic N) is 2. The molecule has 0 radical (unpaired) electrons. The number of pyridine rings is 1. The van der Waals surface area contributed by atoms with E-state index in [1.165, 1.54) is 43.3 Å². The normalized spacial score (nSPS) is 10.6. The molecule has 0 spiro atoms. The zero-order chi connectivity index (χ0) is 19.1. The van der Waals surface area contributed by atoms with Crippen LogP contribution < -0.4 is 10.1 Å². The van der Waals surface area contributed by atoms with E-state index in [-0.39, 0.29) is 24.1 Å². The fourth-order valence-electron chi connectivity index (χ4n) is 2.16. The minimum atomic E-state index is -0.513. The van der Waals surface area contributed by atoms with Crippen LogP contribution in [0.5, 0.6) is 5.75 Å². The number of amides is 2. The van der Waals surface area contributed by atoms with Crippen molar-refractivity contribution in [2.45, 2.75) is 6.92 Å². The van der Waals surface area contributed by atoms with Crippen molar-refractivity contribution >= 4 is 23.7 Å². The Kier molecular flexibility index (Phi) is 6.43. The number of carbonyl (C=O) groups excluding carboxylic acids is 2. The Hall–Kier alpha value is -3.22. The van der Waals surface area contributed by atoms with Crippen LogP contribution in [0.4, 0.5) is 10.2 Å². The molecule has 0 aliphatic rings. The third kappa shape index (κ3) is 5.41. The molecule has 0 fully saturated rings. The van der Waals surface area contributed by atoms with Gasteiger partial charge in [0.05, 0.1) is 13.7 Å². The number of likely N-dealkylation sites (N-methyl/N-ethyl adjacent to an activating group) is 1. The van der Waals surface area contributed by atoms with Gasteiger partial charge in [0.25, 0.3) is 0 Å². The van der Waals surface area contributed by atoms with Crippen molar-refractivity contribution in [3.05, 3.63) is 59.5 Å². The minimum Gasteiger partial charge on any atom is -0.494 e. The molecule has 0 atom stereocenters. The summed E-state index contributed by atoms with van der Waals surface area (Å²) in [6, 6.07) is 7.92. The predicted molar refractivity (Wildman–Crippen MR) is 97.2 cm³/mol. The standard InChI is InChI=1S/C19H20FN3O3/c1-13-8-9-21-17(10-13)22-18(24)12-23(2)19(25)7-5-14-4-6-16(26-3)15(20)11-14/h4-11H,12H2,1-3H3,(H,21,22,24)/b7-5+. The van der Waals surface area contributed by atoms with E-state index in [9.17, 15) is 14.0 Å². The lowest BCUT2D eigenvalue weighted by Gasteiger charge is -2.14. The van der Waals surface area contributed by atoms with E-state index in [0.717, 1.165) is 5.56 Å². The van der Waals surface area contributed by atoms with Crippen LogP contribution in [0.2, 0.25) is 0 Å². The molecule has 2 aromatic rings. The second-order valence-electron chi connectivity index (χ2n) is 5.69. The molecular formula is C19H20FN3O3. The van der Waals surface area contributed by atoms with Crippen LogP contribution in [0.1, 0.15) is 11.1 Å². The highest BCUT2D eigenvalue weighted by atomic mass is 19.1. The summed E-state index contributed by atoms with van der Waals surface area (Å²) in [4.78, 5) is 29.4. The van der Waals surface area contributed by atoms with Gasteiger partial charge in [-0.15, -0.1) is 0 Å². The number of methoxy groups -OCH3 is 1. The summed E-state index contributed by atoms with van der Waals surface area (Å²) in [5.41, 5.74) is 1.48. The van der Waals surface area contributed by atoms with E-state index >= 15 is 0 Å². The smallest absolute Gasteiger partial charge is 0.246 e. The van der Waals surface area contributed by atoms with E-state index in [4.69, 9.17) is 4.74 Å². The lowest BCUT2D eigenvalue weighted by Crippen LogP contribution is -2.34. The number of anilines is 1. The highest BCUT2D eigenvalue weighted by molar-refractivity contribution is 5.97. The third-order valence-electron chi connectivity index (χ3n) is 3.53. The molecule has 1 aromatic carbocycles. The Balaban J connectivity index is 1.92. The fraction of sp³-hybridized carbons (Fsp3) is 0.211. The highest BCUT2D eigenvalue weighted by Crippen LogP contribution is 2.18. The molecule has 2 rings (SSSR count). The Bertz CT molecular complexity index is 837. The Labute approximate surface area is 151 Å². The first-order chi connectivity index (χ1) is 12.4. The summed E-state index contributed by atoms with van der Waals surface area (Å²) in [6.45, 7) is 1.76. The van der Waals surface area contributed by atoms with Crippen LogP contribution in [-0.4, -0.2) is 42.4 Å². The molecule has 0 unspecified atom stereocenters. The first-order valence-electron chi connectivity index (χ1n) is 7.88. The van der Waals surface area contributed by atoms with Gasteiger partial charge >= 0.3 is 0 Å². The van der Waals surface area contributed by atoms with Crippen LogP contribution >= 0.6 is 0 Å². The second-order valence-corrected chi connectivity index (χ2v) is 5.69. The van der Waals surface area contributed by atoms with Crippen molar-refractivity contribution in [2.24, 2.45) is 0 Å². The van der Waals surface area contributed by atoms with Crippen molar-refractivity contribution in [3.8, 4) is 5.75 Å². The van der Waals surface area contributed by atoms with E-state index < -0.39 is 5.82 Å². The molecule has 1 heterocycles. The lowest BCUT2D eigenvalue weighted by atomic mass is 10.2. The number of hydrogen-bond donors (Lipinski definition) is 1. The SMILES string of the molecule is COc1ccc(/C=C/C(=O)N(C)CC(=O)Nc2cc(C)ccn2)cc1F. The van der Waals surface area contributed by atoms with Gasteiger partial charge in [-0.3, -0.25) is 9.59 Å². The van der Waals surface area contributed by atoms with Gasteiger partial charge in [-0.2, -0.15) is 0 Å². The number of aromatic nitrogens is 1. The molecule has 2 amide bonds. The van der Waals surface area contributed by atoms with Crippen LogP contribution in [0.15, 0.2) is 42.6 Å². The average molecular weight is 357 g/mol. The topological polar surface area (TPSA) is 71.5 Å². The number of nitrogens with one attached hydrogen (secondary N) is 1. The van der Waals surface area contributed by atoms with E-state index in [0.29, 0.717) is 11.4 Å². The summed E-state index contributed by atoms with van der Waals surface area (Å²) in [6.07, 6.45) is 4.34. The molecule has 1 aromatic heterocycles. The monoisotopic (exact) mass is 357 g/mol. The van der Waals surface area contributed by atoms with Crippen molar-refractivity contribution in [3.63, 3.8) is 0 Å². The number of hydrogen-bond acceptors (Lipinski definition) is 4. The van der Waals surface area contributed by atoms with Gasteiger partial charge in [0, 0.05) is 19.3 Å². The molecule has 0 aliphatic heterocycles. The molecule has 7 heteroatoms. The maximum absolute atomic E-state index is 13.6. The maximum Gasteiger partial charge on any atom is 0.246 e. The van der Waals surface area contributed by atoms with Crippen LogP contribution in [0, 0.1) is 12.7 Å². The van der Waals surface area contributed by atoms with Crippen molar-refractivity contribution in [1.82, 2.24) is 9.88 Å². The molecule has 0 bridgehead atoms. The van der Waals surface area contributed by atoms with Crippen LogP contribution in [0.3, 0.4) is 0 Å². The predicted octanol–water partition coefficient (Wildman–Crippen LogP) is 2.65. The first kappa shape index (κ1) is 19.1. The quantitative estimate of drug-likeness (QED) is 0.807. The molecule has 6 nitrogen and oxygen atoms in total. The van der Waals surface area contributed by atoms with Gasteiger partial charge in [0.2, 0.25) is 11.8 Å². The van der Waals surface area contributed by atoms with Gasteiger partial charge in [-0.1, -0.05) is 6.07 Å². The molecule has 136 valence electrons. The van der Waals surface area contributed by atoms with E-state index in [2.05, 4.69) is 10.3 Å². The number of carbonyl (C=O) groups is 2. The zero-order valence-electron chi connectivity index (χ0n) is 14.8. The Morgan fingerprint density at radius 3 is 2.73 bits per heavy atom. The lowest BCUT2D eigenvalue weighted by molar-refractivity contribution is -0.129. The summed E-state index contributed by atoms with van der Waals surface area (Å²) < 4.78 is 18.5. The molecule has 26 heavy (non-hydrogen) atoms. The van der Waals surface area contributed by atoms with Crippen LogP contribution in [-0.2, 0) is 9.59 Å². The number of aryl methyl sites for hydroxylation is 1. The van der Waals surface area contributed by atoms with Crippen LogP contribution in [0.25, 0.3) is 6.08 Å². The third-order valence-corrected chi connectivity index (χ3v) is 3.53. The van der Waals surface area contributed by atoms with Gasteiger partial charge in [0.1, 0.15) is 5.82 Å². The molecule has 0 saturated carbocycles. The summed E-state index contributed by atoms with van der Waals surface area (Å²) in [5, 5.41) is 2.63. The zero-order valence-corrected chi connectivity index (χ0v) is 14.8. The van der Waals surface area contributed by atoms with E-state index in [1.54, 1.807) is 18.3 Å². The molecule has 0 saturated heterocycles. The maximum atomic E-state index is 13.6. The summed E-state index contributed by atoms with van der Waals surface area (Å²) in [5.74, 6) is -0.691. The molecule has 1 N–H and O–H groups in total. The average Bonchev–Trinajstić information content (AvgIpc) is 2.59. The Morgan fingerprint density at radius 2 is 2.08 bits per heavy atom. The minimum absolute atomic E-state index is 0.129. The molecular weight excluding hydrogens is 337 g/mol. The Morgan fingerprint density at radius 1 is 1.31 bits per heavy atom. The molecule has 0 aliphatic carbocycles. The van der Waals surface area contributed by atoms with Crippen molar-refractivity contribution < 1.29 is 18.7 Å². The highest BCUT2D eigenvalue weighted by Gasteiger charge is 2.11. The second kappa shape index (κ2) is 8.75. The van der Waals surface area contributed by atoms with Gasteiger partial charge < -0.3 is 15.0 Å². The first-order valence-corrected chi connectivity index (χ1v) is 7.88. The largest absolute Gasteiger partial charge is 0.494 e. The van der Waals surface area contributed by atoms with Crippen molar-refractivity contribution in [1.29, 1.82) is 0 Å². The summed E-state index contributed by atoms with van der Waals surface area (Å²) >= 11 is 0. The fourth-order valence-corrected chi connectivity index (χ4v) is 2.16. The van der Waals surface area contributed by atoms with Gasteiger partial charge in [-0.05, 0) is 48.4 Å². The van der Waals surface area contributed by atoms with Gasteiger partial charge in [-0.25, -0.2) is 9.37 Å². The number of benzene rings is 1. The van der Waals surface area contributed by atoms with E-state index in [1.807, 2.05) is 13.0 Å². The van der Waals surface area contributed by atoms with Crippen molar-refractivity contribution in [2.75, 3.05) is 26.0 Å². The number of halogens is 1. The number of ether oxygens (including phenoxy) is 1. The number of rotatable bonds is 6. The summed E-state index contributed by atoms with van der Waals surface area (Å²) in [7, 11) is 2.88. The van der Waals surface area contributed by atoms with Gasteiger partial charge in [0.15, 0.2) is 11.6 Å².